The van der Waals surface area contributed by atoms with Crippen molar-refractivity contribution >= 4 is 37.9 Å². The number of ether oxygens (including phenoxy) is 4. The molecule has 3 aromatic carbocycles. The Hall–Kier alpha value is -4.99. The lowest BCUT2D eigenvalue weighted by Gasteiger charge is -2.68. The van der Waals surface area contributed by atoms with Crippen molar-refractivity contribution in [3.8, 4) is 0 Å². The molecular weight excluding hydrogens is 859 g/mol. The summed E-state index contributed by atoms with van der Waals surface area (Å²) in [7, 11) is -2.87. The van der Waals surface area contributed by atoms with E-state index in [1.807, 2.05) is 46.9 Å². The minimum absolute atomic E-state index is 0.110. The highest BCUT2D eigenvalue weighted by atomic mass is 28.4. The van der Waals surface area contributed by atoms with Gasteiger partial charge in [-0.15, -0.1) is 0 Å². The van der Waals surface area contributed by atoms with Gasteiger partial charge in [0.1, 0.15) is 30.0 Å². The van der Waals surface area contributed by atoms with E-state index in [-0.39, 0.29) is 30.6 Å². The minimum Gasteiger partial charge on any atom is -0.456 e. The lowest BCUT2D eigenvalue weighted by molar-refractivity contribution is -0.340. The number of fused-ring (bicyclic) bond motifs is 5. The van der Waals surface area contributed by atoms with Crippen LogP contribution in [0.25, 0.3) is 0 Å². The molecule has 2 bridgehead atoms. The van der Waals surface area contributed by atoms with Crippen LogP contribution in [0.2, 0.25) is 18.1 Å². The summed E-state index contributed by atoms with van der Waals surface area (Å²) < 4.78 is 32.4. The number of aliphatic hydroxyl groups excluding tert-OH is 1. The van der Waals surface area contributed by atoms with Crippen molar-refractivity contribution in [2.24, 2.45) is 22.7 Å². The number of hydrogen-bond acceptors (Lipinski definition) is 12. The summed E-state index contributed by atoms with van der Waals surface area (Å²) in [5.41, 5.74) is -5.34. The molecule has 3 aliphatic carbocycles. The molecule has 0 radical (unpaired) electrons. The zero-order chi connectivity index (χ0) is 48.4. The molecule has 1 heterocycles. The molecule has 1 saturated heterocycles. The topological polar surface area (TPSA) is 184 Å². The van der Waals surface area contributed by atoms with Crippen molar-refractivity contribution in [2.75, 3.05) is 6.61 Å². The average Bonchev–Trinajstić information content (AvgIpc) is 3.26. The summed E-state index contributed by atoms with van der Waals surface area (Å²) in [4.78, 5) is 72.3. The van der Waals surface area contributed by atoms with Gasteiger partial charge in [0.2, 0.25) is 0 Å². The molecule has 354 valence electrons. The number of carbonyl (C=O) groups is 5. The van der Waals surface area contributed by atoms with Gasteiger partial charge in [-0.25, -0.2) is 9.59 Å². The van der Waals surface area contributed by atoms with E-state index >= 15 is 9.59 Å². The predicted octanol–water partition coefficient (Wildman–Crippen LogP) is 7.47. The van der Waals surface area contributed by atoms with E-state index in [1.54, 1.807) is 113 Å². The number of carbonyl (C=O) groups excluding carboxylic acids is 5. The van der Waals surface area contributed by atoms with Crippen molar-refractivity contribution in [3.05, 3.63) is 119 Å². The van der Waals surface area contributed by atoms with Crippen LogP contribution in [0.5, 0.6) is 0 Å². The molecule has 4 aliphatic rings. The van der Waals surface area contributed by atoms with Crippen LogP contribution in [0.1, 0.15) is 107 Å². The zero-order valence-electron chi connectivity index (χ0n) is 39.9. The van der Waals surface area contributed by atoms with E-state index in [4.69, 9.17) is 23.4 Å². The molecule has 3 N–H and O–H groups in total. The zero-order valence-corrected chi connectivity index (χ0v) is 40.9. The first kappa shape index (κ1) is 48.9. The smallest absolute Gasteiger partial charge is 0.338 e. The lowest BCUT2D eigenvalue weighted by atomic mass is 9.43. The van der Waals surface area contributed by atoms with Crippen molar-refractivity contribution in [2.45, 2.75) is 141 Å². The predicted molar refractivity (Wildman–Crippen MR) is 247 cm³/mol. The molecule has 13 nitrogen and oxygen atoms in total. The molecule has 0 aromatic heterocycles. The fraction of sp³-hybridized carbons (Fsp3) is 0.519. The maximum absolute atomic E-state index is 15.4. The maximum Gasteiger partial charge on any atom is 0.338 e. The average molecular weight is 924 g/mol. The Bertz CT molecular complexity index is 2380. The number of amides is 1. The van der Waals surface area contributed by atoms with Crippen LogP contribution in [0.3, 0.4) is 0 Å². The second-order valence-corrected chi connectivity index (χ2v) is 25.8. The summed E-state index contributed by atoms with van der Waals surface area (Å²) in [6, 6.07) is 24.7. The minimum atomic E-state index is -2.87. The fourth-order valence-corrected chi connectivity index (χ4v) is 12.1. The molecule has 7 rings (SSSR count). The molecule has 66 heavy (non-hydrogen) atoms. The molecule has 1 unspecified atom stereocenters. The number of aliphatic hydroxyl groups is 2. The number of Topliss-reactive ketones (excluding diaryl/α,β-unsaturated/α-hetero) is 1. The normalized spacial score (nSPS) is 31.3. The van der Waals surface area contributed by atoms with Crippen molar-refractivity contribution in [1.29, 1.82) is 0 Å². The quantitative estimate of drug-likeness (QED) is 0.0748. The number of hydrogen-bond donors (Lipinski definition) is 3. The van der Waals surface area contributed by atoms with Gasteiger partial charge in [-0.05, 0) is 78.4 Å². The fourth-order valence-electron chi connectivity index (χ4n) is 10.8. The van der Waals surface area contributed by atoms with Crippen LogP contribution in [0.15, 0.2) is 102 Å². The molecule has 3 fully saturated rings. The van der Waals surface area contributed by atoms with Gasteiger partial charge in [0.05, 0.1) is 24.1 Å². The third-order valence-corrected chi connectivity index (χ3v) is 20.3. The Morgan fingerprint density at radius 1 is 0.879 bits per heavy atom. The summed E-state index contributed by atoms with van der Waals surface area (Å²) in [6.07, 6.45) is -7.04. The molecule has 3 aromatic rings. The maximum atomic E-state index is 15.4. The first-order valence-corrected chi connectivity index (χ1v) is 25.7. The van der Waals surface area contributed by atoms with Gasteiger partial charge >= 0.3 is 17.9 Å². The SMILES string of the molecule is CC(=O)O[C@@]12COC1C[C@H](C)[C@@]1(C)C(=O)[C@H](O)C3=C(C)[C@@H](OC(=O)[C@H](O[Si](C)(C)C(C)(C)C)[C@@H](NC(=O)c4ccccc4)c4ccccc4)C[C@@](O)([C@@H](OC(=O)c4ccccc4)[C@@H]12)C3(C)C. The Labute approximate surface area is 388 Å². The van der Waals surface area contributed by atoms with Crippen LogP contribution in [0, 0.1) is 22.7 Å². The standard InChI is InChI=1S/C52H65NO12Si/c1-30-27-37-51(29-61-37,64-32(3)54)42-44(63-46(58)35-25-19-14-20-26-35)52(60)28-36(31(2)38(49(52,7)8)40(55)43(56)50(30,42)9)62-47(59)41(65-66(10,11)48(4,5)6)39(33-21-15-12-16-22-33)53-45(57)34-23-17-13-18-24-34/h12-26,30,36-37,39-42,44,55,60H,27-29H2,1-11H3,(H,53,57)/t30-,36-,37?,39-,40+,41+,42-,44-,50+,51-,52+/m0/s1. The molecular formula is C52H65NO12Si. The molecule has 14 heteroatoms. The van der Waals surface area contributed by atoms with Crippen molar-refractivity contribution in [3.63, 3.8) is 0 Å². The molecule has 1 aliphatic heterocycles. The number of nitrogens with one attached hydrogen (secondary N) is 1. The van der Waals surface area contributed by atoms with E-state index < -0.39 is 113 Å². The summed E-state index contributed by atoms with van der Waals surface area (Å²) in [6.45, 7) is 19.6. The Kier molecular flexibility index (Phi) is 13.0. The van der Waals surface area contributed by atoms with Gasteiger partial charge in [0, 0.05) is 29.7 Å². The van der Waals surface area contributed by atoms with Crippen LogP contribution >= 0.6 is 0 Å². The second-order valence-electron chi connectivity index (χ2n) is 21.0. The van der Waals surface area contributed by atoms with Crippen molar-refractivity contribution in [1.82, 2.24) is 5.32 Å². The Morgan fingerprint density at radius 2 is 1.44 bits per heavy atom. The van der Waals surface area contributed by atoms with E-state index in [9.17, 15) is 24.6 Å². The van der Waals surface area contributed by atoms with Gasteiger partial charge in [0.15, 0.2) is 25.8 Å². The third kappa shape index (κ3) is 8.16. The first-order chi connectivity index (χ1) is 30.8. The van der Waals surface area contributed by atoms with Gasteiger partial charge in [0.25, 0.3) is 5.91 Å². The first-order valence-electron chi connectivity index (χ1n) is 22.8. The number of rotatable bonds is 11. The van der Waals surface area contributed by atoms with E-state index in [1.165, 1.54) is 6.92 Å². The summed E-state index contributed by atoms with van der Waals surface area (Å²) >= 11 is 0. The van der Waals surface area contributed by atoms with Gasteiger partial charge in [-0.3, -0.25) is 14.4 Å². The van der Waals surface area contributed by atoms with Crippen molar-refractivity contribution < 1.29 is 57.6 Å². The van der Waals surface area contributed by atoms with E-state index in [0.29, 0.717) is 16.7 Å². The molecule has 0 spiro atoms. The Balaban J connectivity index is 1.40. The molecule has 1 amide bonds. The van der Waals surface area contributed by atoms with Crippen LogP contribution < -0.4 is 5.32 Å². The highest BCUT2D eigenvalue weighted by Crippen LogP contribution is 2.65. The monoisotopic (exact) mass is 923 g/mol. The number of benzene rings is 3. The van der Waals surface area contributed by atoms with Crippen LogP contribution in [-0.2, 0) is 37.8 Å². The number of ketones is 1. The summed E-state index contributed by atoms with van der Waals surface area (Å²) in [5.74, 6) is -5.20. The van der Waals surface area contributed by atoms with E-state index in [2.05, 4.69) is 5.32 Å². The van der Waals surface area contributed by atoms with Gasteiger partial charge in [-0.1, -0.05) is 115 Å². The van der Waals surface area contributed by atoms with E-state index in [0.717, 1.165) is 0 Å². The van der Waals surface area contributed by atoms with Gasteiger partial charge in [-0.2, -0.15) is 0 Å². The van der Waals surface area contributed by atoms with Crippen LogP contribution in [-0.4, -0.2) is 96.5 Å². The summed E-state index contributed by atoms with van der Waals surface area (Å²) in [5, 5.41) is 29.1. The lowest BCUT2D eigenvalue weighted by Crippen LogP contribution is -2.80. The number of esters is 3. The highest BCUT2D eigenvalue weighted by Gasteiger charge is 2.77. The highest BCUT2D eigenvalue weighted by molar-refractivity contribution is 6.74. The molecule has 2 saturated carbocycles. The molecule has 11 atom stereocenters. The Morgan fingerprint density at radius 3 is 1.97 bits per heavy atom. The van der Waals surface area contributed by atoms with Crippen LogP contribution in [0.4, 0.5) is 0 Å². The van der Waals surface area contributed by atoms with Gasteiger partial charge < -0.3 is 38.9 Å². The largest absolute Gasteiger partial charge is 0.456 e. The third-order valence-electron chi connectivity index (χ3n) is 15.9. The second kappa shape index (κ2) is 17.6.